The predicted molar refractivity (Wildman–Crippen MR) is 127 cm³/mol. The first kappa shape index (κ1) is 23.0. The fourth-order valence-corrected chi connectivity index (χ4v) is 4.50. The molecule has 0 bridgehead atoms. The van der Waals surface area contributed by atoms with Crippen LogP contribution in [0.4, 0.5) is 5.69 Å². The van der Waals surface area contributed by atoms with Gasteiger partial charge in [0.1, 0.15) is 5.69 Å². The fourth-order valence-electron chi connectivity index (χ4n) is 4.01. The number of anilines is 1. The Morgan fingerprint density at radius 1 is 0.844 bits per heavy atom. The van der Waals surface area contributed by atoms with Gasteiger partial charge in [-0.3, -0.25) is 9.48 Å². The number of rotatable bonds is 11. The molecule has 0 saturated carbocycles. The number of hydrogen-bond acceptors (Lipinski definition) is 7. The number of nitrogens with zero attached hydrogens (tertiary/aromatic N) is 2. The van der Waals surface area contributed by atoms with Gasteiger partial charge in [0, 0.05) is 49.4 Å². The zero-order valence-electron chi connectivity index (χ0n) is 17.4. The average molecular weight is 478 g/mol. The van der Waals surface area contributed by atoms with Gasteiger partial charge < -0.3 is 26.2 Å². The van der Waals surface area contributed by atoms with Crippen LogP contribution in [-0.4, -0.2) is 71.7 Å². The van der Waals surface area contributed by atoms with Crippen LogP contribution in [0.1, 0.15) is 15.9 Å². The molecule has 0 radical (unpaired) electrons. The van der Waals surface area contributed by atoms with Crippen LogP contribution in [-0.2, 0) is 6.54 Å². The second-order valence-electron chi connectivity index (χ2n) is 7.44. The van der Waals surface area contributed by atoms with Crippen molar-refractivity contribution >= 4 is 45.6 Å². The summed E-state index contributed by atoms with van der Waals surface area (Å²) in [6.07, 6.45) is 0. The molecule has 0 spiro atoms. The number of aliphatic hydroxyl groups is 2. The molecule has 1 aliphatic rings. The fraction of sp³-hybridized carbons (Fsp3) is 0.364. The summed E-state index contributed by atoms with van der Waals surface area (Å²) in [6, 6.07) is 7.15. The second-order valence-corrected chi connectivity index (χ2v) is 8.25. The SMILES string of the molecule is O=C1c2c(Cl)ccc(Cl)c2-c2nn(CCNCCO)c3ccc(NCCNCCO)c1c23. The molecule has 3 aromatic rings. The maximum absolute atomic E-state index is 13.6. The first-order valence-electron chi connectivity index (χ1n) is 10.5. The lowest BCUT2D eigenvalue weighted by Gasteiger charge is -2.20. The van der Waals surface area contributed by atoms with E-state index in [0.29, 0.717) is 77.4 Å². The minimum absolute atomic E-state index is 0.0629. The van der Waals surface area contributed by atoms with Gasteiger partial charge in [0.05, 0.1) is 46.4 Å². The summed E-state index contributed by atoms with van der Waals surface area (Å²) >= 11 is 13.0. The maximum Gasteiger partial charge on any atom is 0.198 e. The van der Waals surface area contributed by atoms with Crippen LogP contribution in [0.3, 0.4) is 0 Å². The lowest BCUT2D eigenvalue weighted by atomic mass is 9.86. The second kappa shape index (κ2) is 10.2. The number of carbonyl (C=O) groups is 1. The van der Waals surface area contributed by atoms with Crippen molar-refractivity contribution in [2.75, 3.05) is 51.3 Å². The van der Waals surface area contributed by atoms with Gasteiger partial charge >= 0.3 is 0 Å². The molecule has 4 rings (SSSR count). The molecule has 0 fully saturated rings. The number of aliphatic hydroxyl groups excluding tert-OH is 2. The molecule has 8 nitrogen and oxygen atoms in total. The Labute approximate surface area is 195 Å². The number of halogens is 2. The Balaban J connectivity index is 1.80. The molecule has 0 unspecified atom stereocenters. The van der Waals surface area contributed by atoms with Crippen LogP contribution in [0.15, 0.2) is 24.3 Å². The maximum atomic E-state index is 13.6. The third-order valence-corrected chi connectivity index (χ3v) is 6.04. The molecule has 2 aromatic carbocycles. The molecule has 5 N–H and O–H groups in total. The van der Waals surface area contributed by atoms with Gasteiger partial charge in [0.25, 0.3) is 0 Å². The number of nitrogens with one attached hydrogen (secondary N) is 3. The van der Waals surface area contributed by atoms with Gasteiger partial charge in [-0.15, -0.1) is 0 Å². The molecule has 1 heterocycles. The number of aromatic nitrogens is 2. The molecule has 10 heteroatoms. The van der Waals surface area contributed by atoms with Crippen LogP contribution in [0, 0.1) is 0 Å². The number of fused-ring (bicyclic) bond motifs is 2. The normalized spacial score (nSPS) is 12.4. The average Bonchev–Trinajstić information content (AvgIpc) is 3.15. The lowest BCUT2D eigenvalue weighted by Crippen LogP contribution is -2.25. The third-order valence-electron chi connectivity index (χ3n) is 5.41. The zero-order chi connectivity index (χ0) is 22.7. The molecular formula is C22H25Cl2N5O3. The van der Waals surface area contributed by atoms with Crippen LogP contribution >= 0.6 is 23.2 Å². The van der Waals surface area contributed by atoms with E-state index in [1.54, 1.807) is 12.1 Å². The van der Waals surface area contributed by atoms with Crippen molar-refractivity contribution in [1.29, 1.82) is 0 Å². The van der Waals surface area contributed by atoms with Gasteiger partial charge in [-0.25, -0.2) is 0 Å². The smallest absolute Gasteiger partial charge is 0.198 e. The van der Waals surface area contributed by atoms with Crippen molar-refractivity contribution in [2.45, 2.75) is 6.54 Å². The summed E-state index contributed by atoms with van der Waals surface area (Å²) in [7, 11) is 0. The Hall–Kier alpha value is -2.20. The Morgan fingerprint density at radius 3 is 2.25 bits per heavy atom. The Kier molecular flexibility index (Phi) is 7.30. The first-order chi connectivity index (χ1) is 15.6. The lowest BCUT2D eigenvalue weighted by molar-refractivity contribution is 0.104. The van der Waals surface area contributed by atoms with Crippen molar-refractivity contribution in [3.05, 3.63) is 45.4 Å². The molecule has 170 valence electrons. The van der Waals surface area contributed by atoms with Crippen molar-refractivity contribution < 1.29 is 15.0 Å². The van der Waals surface area contributed by atoms with E-state index in [9.17, 15) is 4.79 Å². The molecule has 1 aliphatic carbocycles. The van der Waals surface area contributed by atoms with Crippen LogP contribution in [0.2, 0.25) is 10.0 Å². The van der Waals surface area contributed by atoms with E-state index in [2.05, 4.69) is 16.0 Å². The minimum atomic E-state index is -0.186. The minimum Gasteiger partial charge on any atom is -0.395 e. The highest BCUT2D eigenvalue weighted by Crippen LogP contribution is 2.46. The van der Waals surface area contributed by atoms with Gasteiger partial charge in [0.2, 0.25) is 0 Å². The molecular weight excluding hydrogens is 453 g/mol. The third kappa shape index (κ3) is 4.22. The summed E-state index contributed by atoms with van der Waals surface area (Å²) in [5.74, 6) is -0.186. The summed E-state index contributed by atoms with van der Waals surface area (Å²) in [5.41, 5.74) is 3.64. The molecule has 0 amide bonds. The monoisotopic (exact) mass is 477 g/mol. The van der Waals surface area contributed by atoms with E-state index in [4.69, 9.17) is 38.5 Å². The van der Waals surface area contributed by atoms with Crippen molar-refractivity contribution in [2.24, 2.45) is 0 Å². The number of carbonyl (C=O) groups excluding carboxylic acids is 1. The molecule has 1 aromatic heterocycles. The molecule has 0 atom stereocenters. The zero-order valence-corrected chi connectivity index (χ0v) is 18.9. The Morgan fingerprint density at radius 2 is 1.53 bits per heavy atom. The van der Waals surface area contributed by atoms with Crippen LogP contribution in [0.5, 0.6) is 0 Å². The molecule has 0 saturated heterocycles. The number of hydrogen-bond donors (Lipinski definition) is 5. The van der Waals surface area contributed by atoms with E-state index in [1.807, 2.05) is 16.8 Å². The van der Waals surface area contributed by atoms with Gasteiger partial charge in [-0.05, 0) is 24.3 Å². The Bertz CT molecular complexity index is 1150. The highest BCUT2D eigenvalue weighted by molar-refractivity contribution is 6.42. The van der Waals surface area contributed by atoms with E-state index >= 15 is 0 Å². The number of ketones is 1. The summed E-state index contributed by atoms with van der Waals surface area (Å²) in [4.78, 5) is 13.6. The summed E-state index contributed by atoms with van der Waals surface area (Å²) < 4.78 is 1.85. The van der Waals surface area contributed by atoms with Crippen molar-refractivity contribution in [3.63, 3.8) is 0 Å². The van der Waals surface area contributed by atoms with Gasteiger partial charge in [-0.2, -0.15) is 5.10 Å². The number of benzene rings is 2. The quantitative estimate of drug-likeness (QED) is 0.210. The summed E-state index contributed by atoms with van der Waals surface area (Å²) in [5, 5.41) is 33.8. The van der Waals surface area contributed by atoms with E-state index in [0.717, 1.165) is 10.9 Å². The van der Waals surface area contributed by atoms with E-state index in [-0.39, 0.29) is 19.0 Å². The van der Waals surface area contributed by atoms with E-state index < -0.39 is 0 Å². The van der Waals surface area contributed by atoms with Crippen molar-refractivity contribution in [3.8, 4) is 11.3 Å². The molecule has 32 heavy (non-hydrogen) atoms. The topological polar surface area (TPSA) is 111 Å². The summed E-state index contributed by atoms with van der Waals surface area (Å²) in [6.45, 7) is 3.54. The van der Waals surface area contributed by atoms with Crippen LogP contribution in [0.25, 0.3) is 22.2 Å². The van der Waals surface area contributed by atoms with Crippen molar-refractivity contribution in [1.82, 2.24) is 20.4 Å². The predicted octanol–water partition coefficient (Wildman–Crippen LogP) is 2.13. The first-order valence-corrected chi connectivity index (χ1v) is 11.3. The van der Waals surface area contributed by atoms with Gasteiger partial charge in [0.15, 0.2) is 5.78 Å². The van der Waals surface area contributed by atoms with Crippen LogP contribution < -0.4 is 16.0 Å². The standard InChI is InChI=1S/C22H25Cl2N5O3/c23-13-1-2-14(24)18-17(13)21-20-16(29(28-21)10-7-26-9-12-31)4-3-15(19(20)22(18)32)27-6-5-25-8-11-30/h1-4,25-27,30-31H,5-12H2. The highest BCUT2D eigenvalue weighted by Gasteiger charge is 2.34. The van der Waals surface area contributed by atoms with Gasteiger partial charge in [-0.1, -0.05) is 23.2 Å². The largest absolute Gasteiger partial charge is 0.395 e. The highest BCUT2D eigenvalue weighted by atomic mass is 35.5. The molecule has 0 aliphatic heterocycles. The van der Waals surface area contributed by atoms with E-state index in [1.165, 1.54) is 0 Å².